The molecule has 1 atom stereocenters. The maximum atomic E-state index is 12.8. The average Bonchev–Trinajstić information content (AvgIpc) is 2.84. The van der Waals surface area contributed by atoms with Crippen molar-refractivity contribution < 1.29 is 9.53 Å². The summed E-state index contributed by atoms with van der Waals surface area (Å²) < 4.78 is 5.13. The molecule has 116 valence electrons. The average molecular weight is 327 g/mol. The molecule has 0 radical (unpaired) electrons. The standard InChI is InChI=1S/C18H15ClN2O2/c1-11-15(19)8-7-14-16(9-20)21(18(22)17(11)14)10-12-3-5-13(23-2)6-4-12/h3-8,16H,10H2,1-2H3. The summed E-state index contributed by atoms with van der Waals surface area (Å²) >= 11 is 6.12. The van der Waals surface area contributed by atoms with Crippen LogP contribution in [0.25, 0.3) is 0 Å². The lowest BCUT2D eigenvalue weighted by Crippen LogP contribution is -2.27. The van der Waals surface area contributed by atoms with Gasteiger partial charge in [-0.2, -0.15) is 5.26 Å². The lowest BCUT2D eigenvalue weighted by atomic mass is 10.0. The summed E-state index contributed by atoms with van der Waals surface area (Å²) in [6, 6.07) is 12.6. The van der Waals surface area contributed by atoms with Gasteiger partial charge in [0.1, 0.15) is 11.8 Å². The number of amides is 1. The van der Waals surface area contributed by atoms with E-state index in [2.05, 4.69) is 6.07 Å². The van der Waals surface area contributed by atoms with Crippen LogP contribution in [0.1, 0.15) is 33.1 Å². The van der Waals surface area contributed by atoms with Crippen molar-refractivity contribution >= 4 is 17.5 Å². The molecule has 0 saturated heterocycles. The van der Waals surface area contributed by atoms with Gasteiger partial charge >= 0.3 is 0 Å². The van der Waals surface area contributed by atoms with Crippen molar-refractivity contribution in [2.24, 2.45) is 0 Å². The Morgan fingerprint density at radius 2 is 1.96 bits per heavy atom. The topological polar surface area (TPSA) is 53.3 Å². The normalized spacial score (nSPS) is 16.2. The molecule has 0 saturated carbocycles. The van der Waals surface area contributed by atoms with Crippen LogP contribution < -0.4 is 4.74 Å². The Morgan fingerprint density at radius 3 is 2.57 bits per heavy atom. The van der Waals surface area contributed by atoms with Gasteiger partial charge < -0.3 is 9.64 Å². The van der Waals surface area contributed by atoms with Crippen LogP contribution in [0.15, 0.2) is 36.4 Å². The number of ether oxygens (including phenoxy) is 1. The Labute approximate surface area is 139 Å². The number of benzene rings is 2. The fourth-order valence-corrected chi connectivity index (χ4v) is 3.04. The highest BCUT2D eigenvalue weighted by molar-refractivity contribution is 6.32. The minimum absolute atomic E-state index is 0.151. The van der Waals surface area contributed by atoms with Crippen LogP contribution in [0.4, 0.5) is 0 Å². The minimum Gasteiger partial charge on any atom is -0.497 e. The van der Waals surface area contributed by atoms with Gasteiger partial charge in [0.2, 0.25) is 0 Å². The van der Waals surface area contributed by atoms with Crippen LogP contribution >= 0.6 is 11.6 Å². The van der Waals surface area contributed by atoms with Gasteiger partial charge in [0, 0.05) is 17.1 Å². The summed E-state index contributed by atoms with van der Waals surface area (Å²) in [5.41, 5.74) is 2.95. The van der Waals surface area contributed by atoms with E-state index in [0.29, 0.717) is 17.1 Å². The highest BCUT2D eigenvalue weighted by atomic mass is 35.5. The molecule has 0 N–H and O–H groups in total. The second kappa shape index (κ2) is 5.94. The molecule has 0 spiro atoms. The van der Waals surface area contributed by atoms with E-state index in [-0.39, 0.29) is 5.91 Å². The summed E-state index contributed by atoms with van der Waals surface area (Å²) in [7, 11) is 1.61. The third-order valence-corrected chi connectivity index (χ3v) is 4.56. The van der Waals surface area contributed by atoms with Crippen molar-refractivity contribution in [2.75, 3.05) is 7.11 Å². The van der Waals surface area contributed by atoms with Crippen molar-refractivity contribution in [3.05, 3.63) is 63.7 Å². The van der Waals surface area contributed by atoms with Gasteiger partial charge in [-0.15, -0.1) is 0 Å². The van der Waals surface area contributed by atoms with E-state index in [4.69, 9.17) is 16.3 Å². The molecule has 1 amide bonds. The number of carbonyl (C=O) groups excluding carboxylic acids is 1. The quantitative estimate of drug-likeness (QED) is 0.860. The zero-order chi connectivity index (χ0) is 16.6. The molecule has 0 aliphatic carbocycles. The lowest BCUT2D eigenvalue weighted by molar-refractivity contribution is 0.0744. The van der Waals surface area contributed by atoms with Crippen LogP contribution in [-0.4, -0.2) is 17.9 Å². The number of hydrogen-bond donors (Lipinski definition) is 0. The summed E-state index contributed by atoms with van der Waals surface area (Å²) in [5.74, 6) is 0.603. The molecule has 23 heavy (non-hydrogen) atoms. The van der Waals surface area contributed by atoms with E-state index < -0.39 is 6.04 Å². The van der Waals surface area contributed by atoms with Gasteiger partial charge in [-0.05, 0) is 36.2 Å². The van der Waals surface area contributed by atoms with Crippen molar-refractivity contribution in [1.29, 1.82) is 5.26 Å². The fraction of sp³-hybridized carbons (Fsp3) is 0.222. The molecule has 5 heteroatoms. The highest BCUT2D eigenvalue weighted by Gasteiger charge is 2.38. The summed E-state index contributed by atoms with van der Waals surface area (Å²) in [5, 5.41) is 10.1. The zero-order valence-electron chi connectivity index (χ0n) is 12.8. The molecular weight excluding hydrogens is 312 g/mol. The summed E-state index contributed by atoms with van der Waals surface area (Å²) in [6.07, 6.45) is 0. The van der Waals surface area contributed by atoms with E-state index in [1.54, 1.807) is 24.1 Å². The maximum absolute atomic E-state index is 12.8. The lowest BCUT2D eigenvalue weighted by Gasteiger charge is -2.20. The first-order valence-corrected chi connectivity index (χ1v) is 7.57. The van der Waals surface area contributed by atoms with Crippen molar-refractivity contribution in [2.45, 2.75) is 19.5 Å². The van der Waals surface area contributed by atoms with E-state index >= 15 is 0 Å². The van der Waals surface area contributed by atoms with Gasteiger partial charge in [-0.3, -0.25) is 4.79 Å². The third kappa shape index (κ3) is 2.54. The Morgan fingerprint density at radius 1 is 1.26 bits per heavy atom. The van der Waals surface area contributed by atoms with E-state index in [9.17, 15) is 10.1 Å². The molecule has 0 aromatic heterocycles. The van der Waals surface area contributed by atoms with Gasteiger partial charge in [-0.1, -0.05) is 29.8 Å². The number of nitriles is 1. The largest absolute Gasteiger partial charge is 0.497 e. The van der Waals surface area contributed by atoms with Crippen molar-refractivity contribution in [1.82, 2.24) is 4.90 Å². The van der Waals surface area contributed by atoms with Crippen LogP contribution in [0.3, 0.4) is 0 Å². The van der Waals surface area contributed by atoms with Crippen molar-refractivity contribution in [3.63, 3.8) is 0 Å². The number of hydrogen-bond acceptors (Lipinski definition) is 3. The van der Waals surface area contributed by atoms with Crippen molar-refractivity contribution in [3.8, 4) is 11.8 Å². The maximum Gasteiger partial charge on any atom is 0.256 e. The molecule has 1 aliphatic heterocycles. The van der Waals surface area contributed by atoms with Gasteiger partial charge in [-0.25, -0.2) is 0 Å². The molecule has 2 aromatic rings. The second-order valence-corrected chi connectivity index (χ2v) is 5.86. The minimum atomic E-state index is -0.587. The first-order chi connectivity index (χ1) is 11.1. The number of fused-ring (bicyclic) bond motifs is 1. The Balaban J connectivity index is 1.96. The molecule has 1 unspecified atom stereocenters. The molecule has 0 bridgehead atoms. The van der Waals surface area contributed by atoms with E-state index in [1.807, 2.05) is 31.2 Å². The Bertz CT molecular complexity index is 809. The summed E-state index contributed by atoms with van der Waals surface area (Å²) in [4.78, 5) is 14.3. The van der Waals surface area contributed by atoms with Gasteiger partial charge in [0.05, 0.1) is 18.7 Å². The third-order valence-electron chi connectivity index (χ3n) is 4.15. The highest BCUT2D eigenvalue weighted by Crippen LogP contribution is 2.38. The van der Waals surface area contributed by atoms with E-state index in [0.717, 1.165) is 22.4 Å². The number of methoxy groups -OCH3 is 1. The first kappa shape index (κ1) is 15.4. The Hall–Kier alpha value is -2.51. The first-order valence-electron chi connectivity index (χ1n) is 7.19. The molecule has 1 aliphatic rings. The molecule has 1 heterocycles. The summed E-state index contributed by atoms with van der Waals surface area (Å²) in [6.45, 7) is 2.18. The monoisotopic (exact) mass is 326 g/mol. The SMILES string of the molecule is COc1ccc(CN2C(=O)c3c(ccc(Cl)c3C)C2C#N)cc1. The molecular formula is C18H15ClN2O2. The molecule has 3 rings (SSSR count). The number of carbonyl (C=O) groups is 1. The molecule has 0 fully saturated rings. The fourth-order valence-electron chi connectivity index (χ4n) is 2.88. The molecule has 2 aromatic carbocycles. The second-order valence-electron chi connectivity index (χ2n) is 5.45. The van der Waals surface area contributed by atoms with Crippen LogP contribution in [-0.2, 0) is 6.54 Å². The van der Waals surface area contributed by atoms with E-state index in [1.165, 1.54) is 0 Å². The van der Waals surface area contributed by atoms with Crippen LogP contribution in [0.2, 0.25) is 5.02 Å². The number of rotatable bonds is 3. The molecule has 4 nitrogen and oxygen atoms in total. The van der Waals surface area contributed by atoms with Crippen LogP contribution in [0.5, 0.6) is 5.75 Å². The van der Waals surface area contributed by atoms with Crippen LogP contribution in [0, 0.1) is 18.3 Å². The Kier molecular flexibility index (Phi) is 3.97. The smallest absolute Gasteiger partial charge is 0.256 e. The predicted octanol–water partition coefficient (Wildman–Crippen LogP) is 3.88. The predicted molar refractivity (Wildman–Crippen MR) is 87.4 cm³/mol. The van der Waals surface area contributed by atoms with Gasteiger partial charge in [0.15, 0.2) is 0 Å². The van der Waals surface area contributed by atoms with Gasteiger partial charge in [0.25, 0.3) is 5.91 Å². The number of nitrogens with zero attached hydrogens (tertiary/aromatic N) is 2. The zero-order valence-corrected chi connectivity index (χ0v) is 13.6. The number of halogens is 1.